The largest absolute Gasteiger partial charge is 0.756 e. The number of allylic oxidation sites excluding steroid dienone is 19. The summed E-state index contributed by atoms with van der Waals surface area (Å²) in [6.45, 7) is 3.53. The third-order valence-electron chi connectivity index (χ3n) is 8.69. The third-order valence-corrected chi connectivity index (χ3v) is 9.66. The molecule has 62 heavy (non-hydrogen) atoms. The van der Waals surface area contributed by atoms with Gasteiger partial charge in [-0.1, -0.05) is 135 Å². The van der Waals surface area contributed by atoms with Crippen LogP contribution in [-0.4, -0.2) is 92.5 Å². The van der Waals surface area contributed by atoms with Gasteiger partial charge >= 0.3 is 11.9 Å². The van der Waals surface area contributed by atoms with Gasteiger partial charge in [-0.05, 0) is 89.9 Å². The highest BCUT2D eigenvalue weighted by molar-refractivity contribution is 7.45. The molecular weight excluding hydrogens is 806 g/mol. The lowest BCUT2D eigenvalue weighted by Crippen LogP contribution is -2.37. The normalized spacial score (nSPS) is 15.7. The van der Waals surface area contributed by atoms with E-state index in [0.717, 1.165) is 57.8 Å². The summed E-state index contributed by atoms with van der Waals surface area (Å²) >= 11 is 0. The molecule has 4 atom stereocenters. The molecule has 11 nitrogen and oxygen atoms in total. The van der Waals surface area contributed by atoms with Gasteiger partial charge in [0.05, 0.1) is 40.0 Å². The molecule has 0 bridgehead atoms. The number of carbonyl (C=O) groups excluding carboxylic acids is 2. The second-order valence-corrected chi connectivity index (χ2v) is 17.0. The fourth-order valence-electron chi connectivity index (χ4n) is 5.12. The Kier molecular flexibility index (Phi) is 37.8. The third kappa shape index (κ3) is 41.7. The number of phosphoric acid groups is 1. The first-order valence-corrected chi connectivity index (χ1v) is 23.9. The Labute approximate surface area is 374 Å². The monoisotopic (exact) mass is 886 g/mol. The highest BCUT2D eigenvalue weighted by atomic mass is 31.2. The van der Waals surface area contributed by atoms with Crippen LogP contribution in [0.15, 0.2) is 122 Å². The van der Waals surface area contributed by atoms with E-state index in [9.17, 15) is 29.3 Å². The van der Waals surface area contributed by atoms with Crippen molar-refractivity contribution >= 4 is 19.8 Å². The second kappa shape index (κ2) is 40.1. The van der Waals surface area contributed by atoms with Crippen molar-refractivity contribution in [2.45, 2.75) is 135 Å². The van der Waals surface area contributed by atoms with Crippen molar-refractivity contribution in [3.63, 3.8) is 0 Å². The zero-order chi connectivity index (χ0) is 46.0. The van der Waals surface area contributed by atoms with Crippen molar-refractivity contribution in [2.75, 3.05) is 47.5 Å². The number of hydrogen-bond acceptors (Lipinski definition) is 10. The Bertz CT molecular complexity index is 1500. The Balaban J connectivity index is 4.73. The van der Waals surface area contributed by atoms with Gasteiger partial charge in [0.2, 0.25) is 0 Å². The summed E-state index contributed by atoms with van der Waals surface area (Å²) < 4.78 is 33.6. The van der Waals surface area contributed by atoms with E-state index >= 15 is 0 Å². The van der Waals surface area contributed by atoms with Crippen LogP contribution in [0.1, 0.15) is 117 Å². The molecule has 0 aromatic carbocycles. The highest BCUT2D eigenvalue weighted by Gasteiger charge is 2.22. The van der Waals surface area contributed by atoms with E-state index in [1.165, 1.54) is 0 Å². The second-order valence-electron chi connectivity index (χ2n) is 15.6. The molecule has 0 aliphatic rings. The summed E-state index contributed by atoms with van der Waals surface area (Å²) in [5.74, 6) is -1.24. The van der Waals surface area contributed by atoms with Gasteiger partial charge < -0.3 is 38.1 Å². The number of phosphoric ester groups is 1. The van der Waals surface area contributed by atoms with Crippen LogP contribution in [0, 0.1) is 0 Å². The first-order valence-electron chi connectivity index (χ1n) is 22.4. The number of likely N-dealkylation sites (N-methyl/N-ethyl adjacent to an activating group) is 1. The topological polar surface area (TPSA) is 152 Å². The standard InChI is InChI=1S/C50H80NO10P/c1-6-8-10-12-14-16-18-20-21-22-23-24-25-26-28-30-32-34-36-40-50(55)61-46(45-60-62(56,57)59-43-42-51(3,4)5)44-58-49(54)41-37-39-48(53)47(52)38-35-33-31-29-27-19-17-15-13-11-9-7-2/h8-11,14-17,20-21,23-24,26-29,32-35,46-48,52-53H,6-7,12-13,18-19,22,25,30-31,36-45H2,1-5H3/b10-8-,11-9-,16-14-,17-15-,21-20-,24-23-,28-26-,29-27-,34-32-,35-33-/t46-,47+,48+/m1/s1. The molecule has 0 rings (SSSR count). The number of aliphatic hydroxyl groups excluding tert-OH is 2. The molecule has 0 saturated carbocycles. The molecule has 12 heteroatoms. The molecule has 0 saturated heterocycles. The van der Waals surface area contributed by atoms with Crippen LogP contribution in [0.25, 0.3) is 0 Å². The minimum Gasteiger partial charge on any atom is -0.756 e. The first-order chi connectivity index (χ1) is 29.8. The Hall–Kier alpha value is -3.67. The van der Waals surface area contributed by atoms with Crippen molar-refractivity contribution in [3.8, 4) is 0 Å². The average molecular weight is 886 g/mol. The fourth-order valence-corrected chi connectivity index (χ4v) is 5.85. The van der Waals surface area contributed by atoms with Gasteiger partial charge in [-0.3, -0.25) is 14.2 Å². The molecule has 350 valence electrons. The number of quaternary nitrogens is 1. The highest BCUT2D eigenvalue weighted by Crippen LogP contribution is 2.38. The van der Waals surface area contributed by atoms with Gasteiger partial charge in [-0.25, -0.2) is 0 Å². The van der Waals surface area contributed by atoms with Crippen LogP contribution < -0.4 is 4.89 Å². The molecule has 0 heterocycles. The maximum absolute atomic E-state index is 12.7. The predicted molar refractivity (Wildman–Crippen MR) is 252 cm³/mol. The van der Waals surface area contributed by atoms with Crippen LogP contribution in [0.5, 0.6) is 0 Å². The zero-order valence-electron chi connectivity index (χ0n) is 38.5. The van der Waals surface area contributed by atoms with Gasteiger partial charge in [0, 0.05) is 12.8 Å². The van der Waals surface area contributed by atoms with Crippen molar-refractivity contribution < 1.29 is 52.3 Å². The molecule has 2 N–H and O–H groups in total. The minimum atomic E-state index is -4.73. The summed E-state index contributed by atoms with van der Waals surface area (Å²) in [4.78, 5) is 37.6. The number of hydrogen-bond donors (Lipinski definition) is 2. The van der Waals surface area contributed by atoms with E-state index in [0.29, 0.717) is 23.9 Å². The predicted octanol–water partition coefficient (Wildman–Crippen LogP) is 10.2. The van der Waals surface area contributed by atoms with Gasteiger partial charge in [-0.15, -0.1) is 0 Å². The number of carbonyl (C=O) groups is 2. The molecule has 0 fully saturated rings. The first kappa shape index (κ1) is 58.3. The lowest BCUT2D eigenvalue weighted by molar-refractivity contribution is -0.870. The van der Waals surface area contributed by atoms with E-state index in [4.69, 9.17) is 18.5 Å². The van der Waals surface area contributed by atoms with Crippen molar-refractivity contribution in [2.24, 2.45) is 0 Å². The molecule has 0 radical (unpaired) electrons. The smallest absolute Gasteiger partial charge is 0.306 e. The van der Waals surface area contributed by atoms with Gasteiger partial charge in [0.1, 0.15) is 19.8 Å². The zero-order valence-corrected chi connectivity index (χ0v) is 39.4. The van der Waals surface area contributed by atoms with Crippen LogP contribution in [0.4, 0.5) is 0 Å². The van der Waals surface area contributed by atoms with E-state index < -0.39 is 51.3 Å². The van der Waals surface area contributed by atoms with Gasteiger partial charge in [0.25, 0.3) is 7.82 Å². The Morgan fingerprint density at radius 3 is 1.47 bits per heavy atom. The Morgan fingerprint density at radius 1 is 0.581 bits per heavy atom. The lowest BCUT2D eigenvalue weighted by Gasteiger charge is -2.28. The number of rotatable bonds is 38. The maximum atomic E-state index is 12.7. The number of esters is 2. The van der Waals surface area contributed by atoms with Crippen LogP contribution in [0.3, 0.4) is 0 Å². The quantitative estimate of drug-likeness (QED) is 0.0265. The molecule has 0 aromatic heterocycles. The average Bonchev–Trinajstić information content (AvgIpc) is 3.22. The van der Waals surface area contributed by atoms with E-state index in [1.807, 2.05) is 57.6 Å². The molecule has 0 aliphatic carbocycles. The summed E-state index contributed by atoms with van der Waals surface area (Å²) in [6, 6.07) is 0. The van der Waals surface area contributed by atoms with E-state index in [1.54, 1.807) is 0 Å². The van der Waals surface area contributed by atoms with Crippen molar-refractivity contribution in [3.05, 3.63) is 122 Å². The van der Waals surface area contributed by atoms with Crippen LogP contribution in [0.2, 0.25) is 0 Å². The SMILES string of the molecule is CC/C=C\C/C=C\C/C=C\C/C=C\C/C=C\C/C=C\CCC(=O)O[C@H](COC(=O)CCC[C@H](O)[C@@H](O)C/C=C\C/C=C\C/C=C\C/C=C\CC)COP(=O)([O-])OCC[N+](C)(C)C. The van der Waals surface area contributed by atoms with Crippen molar-refractivity contribution in [1.29, 1.82) is 0 Å². The summed E-state index contributed by atoms with van der Waals surface area (Å²) in [5, 5.41) is 20.7. The van der Waals surface area contributed by atoms with E-state index in [-0.39, 0.29) is 38.7 Å². The fraction of sp³-hybridized carbons (Fsp3) is 0.560. The van der Waals surface area contributed by atoms with Crippen molar-refractivity contribution in [1.82, 2.24) is 0 Å². The van der Waals surface area contributed by atoms with E-state index in [2.05, 4.69) is 98.9 Å². The summed E-state index contributed by atoms with van der Waals surface area (Å²) in [5.41, 5.74) is 0. The summed E-state index contributed by atoms with van der Waals surface area (Å²) in [6.07, 6.45) is 48.5. The lowest BCUT2D eigenvalue weighted by atomic mass is 10.0. The number of nitrogens with zero attached hydrogens (tertiary/aromatic N) is 1. The molecule has 0 aromatic rings. The number of aliphatic hydroxyl groups is 2. The minimum absolute atomic E-state index is 0.0305. The Morgan fingerprint density at radius 2 is 1.02 bits per heavy atom. The van der Waals surface area contributed by atoms with Crippen LogP contribution >= 0.6 is 7.82 Å². The molecule has 1 unspecified atom stereocenters. The van der Waals surface area contributed by atoms with Crippen LogP contribution in [-0.2, 0) is 32.7 Å². The molecule has 0 aliphatic heterocycles. The van der Waals surface area contributed by atoms with Gasteiger partial charge in [0.15, 0.2) is 6.10 Å². The molecular formula is C50H80NO10P. The molecule has 0 spiro atoms. The maximum Gasteiger partial charge on any atom is 0.306 e. The van der Waals surface area contributed by atoms with Gasteiger partial charge in [-0.2, -0.15) is 0 Å². The number of ether oxygens (including phenoxy) is 2. The molecule has 0 amide bonds. The summed E-state index contributed by atoms with van der Waals surface area (Å²) in [7, 11) is 0.940.